The van der Waals surface area contributed by atoms with Crippen LogP contribution in [0.25, 0.3) is 0 Å². The molecule has 0 radical (unpaired) electrons. The fraction of sp³-hybridized carbons (Fsp3) is 0.300. The van der Waals surface area contributed by atoms with E-state index in [0.717, 1.165) is 11.3 Å². The molecule has 1 N–H and O–H groups in total. The van der Waals surface area contributed by atoms with Gasteiger partial charge in [0.05, 0.1) is 0 Å². The average molecular weight is 163 g/mol. The van der Waals surface area contributed by atoms with Gasteiger partial charge in [-0.3, -0.25) is 4.79 Å². The first kappa shape index (κ1) is 8.78. The van der Waals surface area contributed by atoms with Crippen LogP contribution in [0.1, 0.15) is 18.9 Å². The fourth-order valence-electron chi connectivity index (χ4n) is 0.972. The largest absolute Gasteiger partial charge is 0.326 e. The normalized spacial score (nSPS) is 9.50. The molecule has 1 rings (SSSR count). The molecule has 1 aromatic rings. The lowest BCUT2D eigenvalue weighted by Crippen LogP contribution is -2.09. The monoisotopic (exact) mass is 163 g/mol. The number of anilines is 1. The maximum Gasteiger partial charge on any atom is 0.224 e. The third-order valence-electron chi connectivity index (χ3n) is 1.62. The van der Waals surface area contributed by atoms with E-state index < -0.39 is 0 Å². The number of hydrogen-bond donors (Lipinski definition) is 1. The summed E-state index contributed by atoms with van der Waals surface area (Å²) >= 11 is 0. The molecule has 1 aromatic carbocycles. The van der Waals surface area contributed by atoms with Crippen molar-refractivity contribution in [2.45, 2.75) is 20.3 Å². The Morgan fingerprint density at radius 3 is 2.83 bits per heavy atom. The summed E-state index contributed by atoms with van der Waals surface area (Å²) in [7, 11) is 0. The second kappa shape index (κ2) is 3.90. The number of carbonyl (C=O) groups excluding carboxylic acids is 1. The van der Waals surface area contributed by atoms with Gasteiger partial charge in [-0.15, -0.1) is 0 Å². The summed E-state index contributed by atoms with van der Waals surface area (Å²) in [6, 6.07) is 7.77. The predicted octanol–water partition coefficient (Wildman–Crippen LogP) is 2.34. The zero-order valence-corrected chi connectivity index (χ0v) is 7.42. The smallest absolute Gasteiger partial charge is 0.224 e. The number of benzene rings is 1. The molecule has 2 heteroatoms. The van der Waals surface area contributed by atoms with Gasteiger partial charge in [-0.2, -0.15) is 0 Å². The highest BCUT2D eigenvalue weighted by atomic mass is 16.1. The molecule has 12 heavy (non-hydrogen) atoms. The van der Waals surface area contributed by atoms with Gasteiger partial charge in [0, 0.05) is 12.1 Å². The van der Waals surface area contributed by atoms with E-state index in [1.807, 2.05) is 38.1 Å². The van der Waals surface area contributed by atoms with Crippen LogP contribution in [0.5, 0.6) is 0 Å². The van der Waals surface area contributed by atoms with Gasteiger partial charge >= 0.3 is 0 Å². The van der Waals surface area contributed by atoms with Gasteiger partial charge in [0.1, 0.15) is 0 Å². The molecule has 0 atom stereocenters. The van der Waals surface area contributed by atoms with E-state index in [1.165, 1.54) is 0 Å². The maximum atomic E-state index is 11.0. The molecule has 0 fully saturated rings. The minimum absolute atomic E-state index is 0.0561. The highest BCUT2D eigenvalue weighted by Crippen LogP contribution is 2.09. The highest BCUT2D eigenvalue weighted by molar-refractivity contribution is 5.90. The van der Waals surface area contributed by atoms with E-state index >= 15 is 0 Å². The maximum absolute atomic E-state index is 11.0. The van der Waals surface area contributed by atoms with Crippen molar-refractivity contribution in [3.8, 4) is 0 Å². The number of aryl methyl sites for hydroxylation is 1. The predicted molar refractivity (Wildman–Crippen MR) is 50.1 cm³/mol. The summed E-state index contributed by atoms with van der Waals surface area (Å²) in [5, 5.41) is 2.79. The van der Waals surface area contributed by atoms with Gasteiger partial charge in [0.25, 0.3) is 0 Å². The third-order valence-corrected chi connectivity index (χ3v) is 1.62. The van der Waals surface area contributed by atoms with E-state index in [1.54, 1.807) is 0 Å². The van der Waals surface area contributed by atoms with Crippen molar-refractivity contribution in [3.63, 3.8) is 0 Å². The van der Waals surface area contributed by atoms with Crippen molar-refractivity contribution >= 4 is 11.6 Å². The quantitative estimate of drug-likeness (QED) is 0.712. The molecular weight excluding hydrogens is 150 g/mol. The van der Waals surface area contributed by atoms with Crippen LogP contribution in [0, 0.1) is 6.92 Å². The van der Waals surface area contributed by atoms with E-state index in [-0.39, 0.29) is 5.91 Å². The molecule has 0 saturated heterocycles. The van der Waals surface area contributed by atoms with Crippen molar-refractivity contribution in [1.82, 2.24) is 0 Å². The molecule has 0 aliphatic carbocycles. The molecule has 1 amide bonds. The highest BCUT2D eigenvalue weighted by Gasteiger charge is 1.97. The first-order valence-electron chi connectivity index (χ1n) is 4.09. The van der Waals surface area contributed by atoms with Crippen molar-refractivity contribution in [3.05, 3.63) is 29.8 Å². The molecule has 0 aliphatic rings. The second-order valence-corrected chi connectivity index (χ2v) is 2.77. The molecule has 0 spiro atoms. The molecule has 64 valence electrons. The SMILES string of the molecule is CCC(=O)Nc1cccc(C)c1. The van der Waals surface area contributed by atoms with Crippen LogP contribution in [0.4, 0.5) is 5.69 Å². The van der Waals surface area contributed by atoms with Gasteiger partial charge in [-0.25, -0.2) is 0 Å². The minimum Gasteiger partial charge on any atom is -0.326 e. The molecule has 2 nitrogen and oxygen atoms in total. The number of carbonyl (C=O) groups is 1. The molecule has 0 aromatic heterocycles. The Labute approximate surface area is 72.6 Å². The number of amides is 1. The Balaban J connectivity index is 2.69. The lowest BCUT2D eigenvalue weighted by Gasteiger charge is -2.03. The lowest BCUT2D eigenvalue weighted by molar-refractivity contribution is -0.115. The van der Waals surface area contributed by atoms with Crippen LogP contribution < -0.4 is 5.32 Å². The Bertz CT molecular complexity index is 281. The van der Waals surface area contributed by atoms with Crippen molar-refractivity contribution < 1.29 is 4.79 Å². The van der Waals surface area contributed by atoms with Crippen LogP contribution >= 0.6 is 0 Å². The summed E-state index contributed by atoms with van der Waals surface area (Å²) < 4.78 is 0. The zero-order chi connectivity index (χ0) is 8.97. The van der Waals surface area contributed by atoms with Crippen LogP contribution in [-0.2, 0) is 4.79 Å². The molecule has 0 heterocycles. The Morgan fingerprint density at radius 2 is 2.25 bits per heavy atom. The summed E-state index contributed by atoms with van der Waals surface area (Å²) in [5.41, 5.74) is 2.03. The first-order chi connectivity index (χ1) is 5.72. The Kier molecular flexibility index (Phi) is 2.86. The van der Waals surface area contributed by atoms with Gasteiger partial charge in [-0.05, 0) is 24.6 Å². The lowest BCUT2D eigenvalue weighted by atomic mass is 10.2. The minimum atomic E-state index is 0.0561. The number of rotatable bonds is 2. The third kappa shape index (κ3) is 2.38. The van der Waals surface area contributed by atoms with E-state index in [2.05, 4.69) is 5.32 Å². The number of hydrogen-bond acceptors (Lipinski definition) is 1. The Hall–Kier alpha value is -1.31. The zero-order valence-electron chi connectivity index (χ0n) is 7.42. The van der Waals surface area contributed by atoms with Gasteiger partial charge in [0.15, 0.2) is 0 Å². The van der Waals surface area contributed by atoms with E-state index in [4.69, 9.17) is 0 Å². The van der Waals surface area contributed by atoms with E-state index in [9.17, 15) is 4.79 Å². The second-order valence-electron chi connectivity index (χ2n) is 2.77. The summed E-state index contributed by atoms with van der Waals surface area (Å²) in [4.78, 5) is 11.0. The van der Waals surface area contributed by atoms with Crippen molar-refractivity contribution in [1.29, 1.82) is 0 Å². The molecule has 0 unspecified atom stereocenters. The Morgan fingerprint density at radius 1 is 1.50 bits per heavy atom. The van der Waals surface area contributed by atoms with Crippen molar-refractivity contribution in [2.24, 2.45) is 0 Å². The van der Waals surface area contributed by atoms with Gasteiger partial charge in [0.2, 0.25) is 5.91 Å². The van der Waals surface area contributed by atoms with Crippen LogP contribution in [-0.4, -0.2) is 5.91 Å². The van der Waals surface area contributed by atoms with Crippen LogP contribution in [0.15, 0.2) is 24.3 Å². The number of nitrogens with one attached hydrogen (secondary N) is 1. The topological polar surface area (TPSA) is 29.1 Å². The van der Waals surface area contributed by atoms with Crippen LogP contribution in [0.2, 0.25) is 0 Å². The van der Waals surface area contributed by atoms with Gasteiger partial charge in [-0.1, -0.05) is 19.1 Å². The summed E-state index contributed by atoms with van der Waals surface area (Å²) in [6.45, 7) is 3.84. The average Bonchev–Trinajstić information content (AvgIpc) is 2.04. The molecule has 0 aliphatic heterocycles. The fourth-order valence-corrected chi connectivity index (χ4v) is 0.972. The van der Waals surface area contributed by atoms with E-state index in [0.29, 0.717) is 6.42 Å². The van der Waals surface area contributed by atoms with Crippen LogP contribution in [0.3, 0.4) is 0 Å². The standard InChI is InChI=1S/C10H13NO/c1-3-10(12)11-9-6-4-5-8(2)7-9/h4-7H,3H2,1-2H3,(H,11,12). The molecule has 0 bridgehead atoms. The van der Waals surface area contributed by atoms with Crippen molar-refractivity contribution in [2.75, 3.05) is 5.32 Å². The molecule has 0 saturated carbocycles. The first-order valence-corrected chi connectivity index (χ1v) is 4.09. The molecular formula is C10H13NO. The summed E-state index contributed by atoms with van der Waals surface area (Å²) in [6.07, 6.45) is 0.522. The summed E-state index contributed by atoms with van der Waals surface area (Å²) in [5.74, 6) is 0.0561. The van der Waals surface area contributed by atoms with Gasteiger partial charge < -0.3 is 5.32 Å².